The number of benzene rings is 1. The zero-order valence-electron chi connectivity index (χ0n) is 8.99. The van der Waals surface area contributed by atoms with Gasteiger partial charge in [0.05, 0.1) is 16.4 Å². The smallest absolute Gasteiger partial charge is 0.176 e. The third-order valence-corrected chi connectivity index (χ3v) is 3.14. The standard InChI is InChI=1S/C11H9ClN4S/c1-6-9-10(14-11(17)13-9)16(15-6)8-5-3-2-4-7(8)12/h2-5H,1H3,(H2,13,14,17). The summed E-state index contributed by atoms with van der Waals surface area (Å²) in [6.07, 6.45) is 0. The number of nitrogens with one attached hydrogen (secondary N) is 2. The second-order valence-electron chi connectivity index (χ2n) is 3.75. The number of fused-ring (bicyclic) bond motifs is 1. The molecule has 0 aliphatic carbocycles. The third-order valence-electron chi connectivity index (χ3n) is 2.61. The maximum atomic E-state index is 6.16. The molecule has 2 N–H and O–H groups in total. The monoisotopic (exact) mass is 264 g/mol. The fourth-order valence-corrected chi connectivity index (χ4v) is 2.26. The molecular formula is C11H9ClN4S. The van der Waals surface area contributed by atoms with Gasteiger partial charge in [0.1, 0.15) is 5.52 Å². The van der Waals surface area contributed by atoms with Gasteiger partial charge in [-0.1, -0.05) is 23.7 Å². The Morgan fingerprint density at radius 3 is 2.82 bits per heavy atom. The Kier molecular flexibility index (Phi) is 2.31. The number of aromatic nitrogens is 4. The molecule has 0 spiro atoms. The minimum Gasteiger partial charge on any atom is -0.328 e. The quantitative estimate of drug-likeness (QED) is 0.662. The van der Waals surface area contributed by atoms with Crippen molar-refractivity contribution in [3.05, 3.63) is 39.8 Å². The second-order valence-corrected chi connectivity index (χ2v) is 4.57. The van der Waals surface area contributed by atoms with Crippen LogP contribution < -0.4 is 0 Å². The molecule has 17 heavy (non-hydrogen) atoms. The molecule has 3 rings (SSSR count). The molecular weight excluding hydrogens is 256 g/mol. The van der Waals surface area contributed by atoms with Crippen LogP contribution in [0.3, 0.4) is 0 Å². The summed E-state index contributed by atoms with van der Waals surface area (Å²) < 4.78 is 2.35. The van der Waals surface area contributed by atoms with E-state index in [-0.39, 0.29) is 0 Å². The Balaban J connectivity index is 2.38. The van der Waals surface area contributed by atoms with Crippen molar-refractivity contribution in [2.75, 3.05) is 0 Å². The summed E-state index contributed by atoms with van der Waals surface area (Å²) in [7, 11) is 0. The lowest BCUT2D eigenvalue weighted by atomic mass is 10.3. The fourth-order valence-electron chi connectivity index (χ4n) is 1.84. The van der Waals surface area contributed by atoms with Gasteiger partial charge in [-0.3, -0.25) is 0 Å². The predicted octanol–water partition coefficient (Wildman–Crippen LogP) is 3.37. The van der Waals surface area contributed by atoms with Crippen molar-refractivity contribution in [3.63, 3.8) is 0 Å². The van der Waals surface area contributed by atoms with Crippen LogP contribution in [0.15, 0.2) is 24.3 Å². The van der Waals surface area contributed by atoms with Crippen LogP contribution in [-0.4, -0.2) is 19.7 Å². The van der Waals surface area contributed by atoms with Gasteiger partial charge in [0.15, 0.2) is 10.4 Å². The summed E-state index contributed by atoms with van der Waals surface area (Å²) in [4.78, 5) is 6.14. The molecule has 2 aromatic heterocycles. The highest BCUT2D eigenvalue weighted by Crippen LogP contribution is 2.24. The largest absolute Gasteiger partial charge is 0.328 e. The van der Waals surface area contributed by atoms with Crippen LogP contribution >= 0.6 is 23.8 Å². The van der Waals surface area contributed by atoms with Crippen LogP contribution in [-0.2, 0) is 0 Å². The van der Waals surface area contributed by atoms with Crippen LogP contribution in [0.25, 0.3) is 16.9 Å². The van der Waals surface area contributed by atoms with Gasteiger partial charge in [-0.25, -0.2) is 4.68 Å². The number of para-hydroxylation sites is 1. The van der Waals surface area contributed by atoms with Crippen molar-refractivity contribution in [1.82, 2.24) is 19.7 Å². The molecule has 0 atom stereocenters. The number of aromatic amines is 2. The first-order chi connectivity index (χ1) is 8.16. The molecule has 0 saturated carbocycles. The zero-order valence-corrected chi connectivity index (χ0v) is 10.6. The molecule has 0 radical (unpaired) electrons. The molecule has 6 heteroatoms. The number of imidazole rings is 1. The number of hydrogen-bond donors (Lipinski definition) is 2. The van der Waals surface area contributed by atoms with E-state index in [0.29, 0.717) is 9.79 Å². The van der Waals surface area contributed by atoms with E-state index in [4.69, 9.17) is 23.8 Å². The van der Waals surface area contributed by atoms with Gasteiger partial charge in [0, 0.05) is 0 Å². The van der Waals surface area contributed by atoms with Crippen LogP contribution in [0.2, 0.25) is 5.02 Å². The molecule has 0 aliphatic rings. The lowest BCUT2D eigenvalue weighted by Gasteiger charge is -2.03. The van der Waals surface area contributed by atoms with Crippen LogP contribution in [0.4, 0.5) is 0 Å². The van der Waals surface area contributed by atoms with Gasteiger partial charge in [0.25, 0.3) is 0 Å². The van der Waals surface area contributed by atoms with E-state index in [9.17, 15) is 0 Å². The van der Waals surface area contributed by atoms with Crippen molar-refractivity contribution in [3.8, 4) is 5.69 Å². The van der Waals surface area contributed by atoms with Crippen molar-refractivity contribution >= 4 is 35.0 Å². The third kappa shape index (κ3) is 1.59. The maximum absolute atomic E-state index is 6.16. The molecule has 2 heterocycles. The minimum absolute atomic E-state index is 0.585. The molecule has 4 nitrogen and oxygen atoms in total. The van der Waals surface area contributed by atoms with Crippen LogP contribution in [0.5, 0.6) is 0 Å². The number of halogens is 1. The highest BCUT2D eigenvalue weighted by atomic mass is 35.5. The molecule has 0 fully saturated rings. The van der Waals surface area contributed by atoms with Gasteiger partial charge in [-0.05, 0) is 31.3 Å². The number of nitrogens with zero attached hydrogens (tertiary/aromatic N) is 2. The fraction of sp³-hybridized carbons (Fsp3) is 0.0909. The first kappa shape index (κ1) is 10.6. The molecule has 1 aromatic carbocycles. The summed E-state index contributed by atoms with van der Waals surface area (Å²) in [5.41, 5.74) is 3.46. The van der Waals surface area contributed by atoms with Crippen LogP contribution in [0, 0.1) is 11.7 Å². The van der Waals surface area contributed by atoms with Gasteiger partial charge in [0.2, 0.25) is 0 Å². The van der Waals surface area contributed by atoms with Crippen molar-refractivity contribution in [2.24, 2.45) is 0 Å². The lowest BCUT2D eigenvalue weighted by molar-refractivity contribution is 0.874. The summed E-state index contributed by atoms with van der Waals surface area (Å²) >= 11 is 11.2. The Morgan fingerprint density at radius 1 is 1.29 bits per heavy atom. The first-order valence-electron chi connectivity index (χ1n) is 5.09. The molecule has 0 saturated heterocycles. The number of rotatable bonds is 1. The van der Waals surface area contributed by atoms with Crippen LogP contribution in [0.1, 0.15) is 5.69 Å². The van der Waals surface area contributed by atoms with E-state index in [1.54, 1.807) is 4.68 Å². The summed E-state index contributed by atoms with van der Waals surface area (Å²) in [5, 5.41) is 5.10. The Morgan fingerprint density at radius 2 is 2.06 bits per heavy atom. The number of aryl methyl sites for hydroxylation is 1. The average Bonchev–Trinajstić information content (AvgIpc) is 2.80. The molecule has 0 amide bonds. The van der Waals surface area contributed by atoms with E-state index in [1.807, 2.05) is 31.2 Å². The SMILES string of the molecule is Cc1nn(-c2ccccc2Cl)c2[nH]c(=S)[nH]c12. The first-order valence-corrected chi connectivity index (χ1v) is 5.88. The topological polar surface area (TPSA) is 49.4 Å². The Bertz CT molecular complexity index is 752. The average molecular weight is 265 g/mol. The summed E-state index contributed by atoms with van der Waals surface area (Å²) in [5.74, 6) is 0. The van der Waals surface area contributed by atoms with Crippen molar-refractivity contribution in [2.45, 2.75) is 6.92 Å². The molecule has 0 unspecified atom stereocenters. The Labute approximate surface area is 107 Å². The highest BCUT2D eigenvalue weighted by Gasteiger charge is 2.12. The lowest BCUT2D eigenvalue weighted by Crippen LogP contribution is -1.98. The summed E-state index contributed by atoms with van der Waals surface area (Å²) in [6, 6.07) is 7.56. The van der Waals surface area contributed by atoms with Gasteiger partial charge in [-0.2, -0.15) is 5.10 Å². The second kappa shape index (κ2) is 3.72. The Hall–Kier alpha value is -1.59. The van der Waals surface area contributed by atoms with E-state index in [0.717, 1.165) is 22.5 Å². The molecule has 0 bridgehead atoms. The molecule has 86 valence electrons. The van der Waals surface area contributed by atoms with E-state index in [2.05, 4.69) is 15.1 Å². The molecule has 0 aliphatic heterocycles. The molecule has 3 aromatic rings. The van der Waals surface area contributed by atoms with Crippen molar-refractivity contribution < 1.29 is 0 Å². The maximum Gasteiger partial charge on any atom is 0.176 e. The number of H-pyrrole nitrogens is 2. The van der Waals surface area contributed by atoms with Crippen molar-refractivity contribution in [1.29, 1.82) is 0 Å². The van der Waals surface area contributed by atoms with Gasteiger partial charge in [-0.15, -0.1) is 0 Å². The highest BCUT2D eigenvalue weighted by molar-refractivity contribution is 7.71. The summed E-state index contributed by atoms with van der Waals surface area (Å²) in [6.45, 7) is 1.93. The predicted molar refractivity (Wildman–Crippen MR) is 70.4 cm³/mol. The number of hydrogen-bond acceptors (Lipinski definition) is 2. The van der Waals surface area contributed by atoms with E-state index < -0.39 is 0 Å². The van der Waals surface area contributed by atoms with Gasteiger partial charge < -0.3 is 9.97 Å². The minimum atomic E-state index is 0.585. The zero-order chi connectivity index (χ0) is 12.0. The van der Waals surface area contributed by atoms with E-state index >= 15 is 0 Å². The van der Waals surface area contributed by atoms with Gasteiger partial charge >= 0.3 is 0 Å². The normalized spacial score (nSPS) is 11.2. The van der Waals surface area contributed by atoms with E-state index in [1.165, 1.54) is 0 Å².